The molecule has 0 fully saturated rings. The minimum atomic E-state index is -0.346. The van der Waals surface area contributed by atoms with Crippen LogP contribution >= 0.6 is 11.6 Å². The van der Waals surface area contributed by atoms with Gasteiger partial charge in [-0.2, -0.15) is 0 Å². The van der Waals surface area contributed by atoms with Gasteiger partial charge in [0.25, 0.3) is 0 Å². The van der Waals surface area contributed by atoms with Crippen LogP contribution in [0.5, 0.6) is 5.75 Å². The minimum absolute atomic E-state index is 0.346. The number of methoxy groups -OCH3 is 1. The molecule has 0 spiro atoms. The molecule has 0 aliphatic rings. The lowest BCUT2D eigenvalue weighted by Crippen LogP contribution is -2.00. The molecule has 0 saturated carbocycles. The molecular weight excluding hydrogens is 265 g/mol. The first-order valence-electron chi connectivity index (χ1n) is 5.92. The summed E-state index contributed by atoms with van der Waals surface area (Å²) in [6, 6.07) is 10.3. The molecule has 0 aliphatic carbocycles. The maximum absolute atomic E-state index is 13.2. The van der Waals surface area contributed by atoms with Gasteiger partial charge in [0.15, 0.2) is 0 Å². The van der Waals surface area contributed by atoms with Crippen molar-refractivity contribution in [3.63, 3.8) is 0 Å². The summed E-state index contributed by atoms with van der Waals surface area (Å²) in [5.41, 5.74) is 2.83. The van der Waals surface area contributed by atoms with Crippen LogP contribution in [0.3, 0.4) is 0 Å². The molecule has 0 amide bonds. The van der Waals surface area contributed by atoms with Crippen molar-refractivity contribution in [2.24, 2.45) is 0 Å². The molecule has 100 valence electrons. The first kappa shape index (κ1) is 13.7. The van der Waals surface area contributed by atoms with Crippen LogP contribution in [0.25, 0.3) is 0 Å². The Balaban J connectivity index is 2.08. The minimum Gasteiger partial charge on any atom is -0.496 e. The third kappa shape index (κ3) is 3.61. The third-order valence-electron chi connectivity index (χ3n) is 2.82. The van der Waals surface area contributed by atoms with Gasteiger partial charge in [-0.05, 0) is 42.3 Å². The summed E-state index contributed by atoms with van der Waals surface area (Å²) < 4.78 is 18.4. The molecule has 0 heterocycles. The lowest BCUT2D eigenvalue weighted by atomic mass is 10.1. The number of halogens is 2. The molecular formula is C15H15ClFNO. The summed E-state index contributed by atoms with van der Waals surface area (Å²) in [4.78, 5) is 0. The summed E-state index contributed by atoms with van der Waals surface area (Å²) in [5, 5.41) is 3.52. The lowest BCUT2D eigenvalue weighted by molar-refractivity contribution is 0.411. The SMILES string of the molecule is COc1ccc(CNc2cc(F)cc(Cl)c2)cc1C. The first-order valence-corrected chi connectivity index (χ1v) is 6.30. The maximum Gasteiger partial charge on any atom is 0.126 e. The zero-order valence-corrected chi connectivity index (χ0v) is 11.6. The van der Waals surface area contributed by atoms with E-state index in [2.05, 4.69) is 5.32 Å². The van der Waals surface area contributed by atoms with E-state index in [9.17, 15) is 4.39 Å². The average molecular weight is 280 g/mol. The highest BCUT2D eigenvalue weighted by atomic mass is 35.5. The van der Waals surface area contributed by atoms with Crippen molar-refractivity contribution in [3.8, 4) is 5.75 Å². The van der Waals surface area contributed by atoms with Gasteiger partial charge in [0.1, 0.15) is 11.6 Å². The molecule has 0 aromatic heterocycles. The van der Waals surface area contributed by atoms with E-state index in [0.717, 1.165) is 16.9 Å². The zero-order chi connectivity index (χ0) is 13.8. The lowest BCUT2D eigenvalue weighted by Gasteiger charge is -2.10. The third-order valence-corrected chi connectivity index (χ3v) is 3.04. The van der Waals surface area contributed by atoms with Gasteiger partial charge in [-0.3, -0.25) is 0 Å². The quantitative estimate of drug-likeness (QED) is 0.895. The fourth-order valence-electron chi connectivity index (χ4n) is 1.91. The summed E-state index contributed by atoms with van der Waals surface area (Å²) in [6.45, 7) is 2.59. The standard InChI is InChI=1S/C15H15ClFNO/c1-10-5-11(3-4-15(10)19-2)9-18-14-7-12(16)6-13(17)8-14/h3-8,18H,9H2,1-2H3. The Labute approximate surface area is 117 Å². The van der Waals surface area contributed by atoms with E-state index in [1.807, 2.05) is 25.1 Å². The highest BCUT2D eigenvalue weighted by Crippen LogP contribution is 2.21. The smallest absolute Gasteiger partial charge is 0.126 e. The van der Waals surface area contributed by atoms with E-state index in [4.69, 9.17) is 16.3 Å². The number of nitrogens with one attached hydrogen (secondary N) is 1. The number of aryl methyl sites for hydroxylation is 1. The van der Waals surface area contributed by atoms with Gasteiger partial charge in [-0.25, -0.2) is 4.39 Å². The van der Waals surface area contributed by atoms with Crippen LogP contribution in [0, 0.1) is 12.7 Å². The molecule has 0 radical (unpaired) electrons. The molecule has 0 unspecified atom stereocenters. The molecule has 0 saturated heterocycles. The van der Waals surface area contributed by atoms with Crippen LogP contribution in [0.4, 0.5) is 10.1 Å². The largest absolute Gasteiger partial charge is 0.496 e. The molecule has 19 heavy (non-hydrogen) atoms. The van der Waals surface area contributed by atoms with Crippen molar-refractivity contribution < 1.29 is 9.13 Å². The van der Waals surface area contributed by atoms with Crippen LogP contribution in [0.15, 0.2) is 36.4 Å². The number of benzene rings is 2. The van der Waals surface area contributed by atoms with Crippen LogP contribution in [-0.4, -0.2) is 7.11 Å². The van der Waals surface area contributed by atoms with Gasteiger partial charge < -0.3 is 10.1 Å². The maximum atomic E-state index is 13.2. The topological polar surface area (TPSA) is 21.3 Å². The van der Waals surface area contributed by atoms with Crippen molar-refractivity contribution in [2.45, 2.75) is 13.5 Å². The zero-order valence-electron chi connectivity index (χ0n) is 10.8. The van der Waals surface area contributed by atoms with E-state index >= 15 is 0 Å². The fraction of sp³-hybridized carbons (Fsp3) is 0.200. The molecule has 0 bridgehead atoms. The second-order valence-corrected chi connectivity index (χ2v) is 4.75. The average Bonchev–Trinajstić information content (AvgIpc) is 2.35. The van der Waals surface area contributed by atoms with E-state index in [1.54, 1.807) is 13.2 Å². The predicted molar refractivity (Wildman–Crippen MR) is 76.5 cm³/mol. The molecule has 0 aliphatic heterocycles. The van der Waals surface area contributed by atoms with Crippen molar-refractivity contribution in [3.05, 3.63) is 58.4 Å². The number of hydrogen-bond donors (Lipinski definition) is 1. The van der Waals surface area contributed by atoms with Gasteiger partial charge in [-0.15, -0.1) is 0 Å². The van der Waals surface area contributed by atoms with Crippen molar-refractivity contribution >= 4 is 17.3 Å². The Hall–Kier alpha value is -1.74. The van der Waals surface area contributed by atoms with E-state index in [-0.39, 0.29) is 5.82 Å². The van der Waals surface area contributed by atoms with Crippen molar-refractivity contribution in [2.75, 3.05) is 12.4 Å². The molecule has 0 atom stereocenters. The monoisotopic (exact) mass is 279 g/mol. The van der Waals surface area contributed by atoms with Gasteiger partial charge in [0.05, 0.1) is 7.11 Å². The highest BCUT2D eigenvalue weighted by molar-refractivity contribution is 6.30. The Bertz CT molecular complexity index is 566. The van der Waals surface area contributed by atoms with Crippen LogP contribution in [0.1, 0.15) is 11.1 Å². The Kier molecular flexibility index (Phi) is 4.27. The second-order valence-electron chi connectivity index (χ2n) is 4.32. The number of hydrogen-bond acceptors (Lipinski definition) is 2. The second kappa shape index (κ2) is 5.93. The summed E-state index contributed by atoms with van der Waals surface area (Å²) in [7, 11) is 1.65. The van der Waals surface area contributed by atoms with Gasteiger partial charge >= 0.3 is 0 Å². The fourth-order valence-corrected chi connectivity index (χ4v) is 2.13. The molecule has 2 rings (SSSR count). The molecule has 2 aromatic carbocycles. The van der Waals surface area contributed by atoms with Crippen molar-refractivity contribution in [1.82, 2.24) is 0 Å². The first-order chi connectivity index (χ1) is 9.08. The Morgan fingerprint density at radius 2 is 2.00 bits per heavy atom. The van der Waals surface area contributed by atoms with Gasteiger partial charge in [0.2, 0.25) is 0 Å². The van der Waals surface area contributed by atoms with Gasteiger partial charge in [-0.1, -0.05) is 23.7 Å². The van der Waals surface area contributed by atoms with Crippen LogP contribution in [0.2, 0.25) is 5.02 Å². The van der Waals surface area contributed by atoms with E-state index in [0.29, 0.717) is 17.3 Å². The van der Waals surface area contributed by atoms with Crippen LogP contribution < -0.4 is 10.1 Å². The summed E-state index contributed by atoms with van der Waals surface area (Å²) >= 11 is 5.80. The van der Waals surface area contributed by atoms with Crippen molar-refractivity contribution in [1.29, 1.82) is 0 Å². The summed E-state index contributed by atoms with van der Waals surface area (Å²) in [5.74, 6) is 0.512. The van der Waals surface area contributed by atoms with E-state index < -0.39 is 0 Å². The number of anilines is 1. The summed E-state index contributed by atoms with van der Waals surface area (Å²) in [6.07, 6.45) is 0. The normalized spacial score (nSPS) is 10.3. The molecule has 1 N–H and O–H groups in total. The van der Waals surface area contributed by atoms with Crippen LogP contribution in [-0.2, 0) is 6.54 Å². The predicted octanol–water partition coefficient (Wildman–Crippen LogP) is 4.41. The molecule has 2 nitrogen and oxygen atoms in total. The molecule has 4 heteroatoms. The Morgan fingerprint density at radius 3 is 2.63 bits per heavy atom. The molecule has 2 aromatic rings. The van der Waals surface area contributed by atoms with Gasteiger partial charge in [0, 0.05) is 17.3 Å². The Morgan fingerprint density at radius 1 is 1.21 bits per heavy atom. The van der Waals surface area contributed by atoms with E-state index in [1.165, 1.54) is 12.1 Å². The highest BCUT2D eigenvalue weighted by Gasteiger charge is 2.02. The number of rotatable bonds is 4. The number of ether oxygens (including phenoxy) is 1.